The van der Waals surface area contributed by atoms with Crippen LogP contribution in [-0.4, -0.2) is 62.7 Å². The maximum atomic E-state index is 3.78. The molecule has 3 nitrogen and oxygen atoms in total. The highest BCUT2D eigenvalue weighted by Crippen LogP contribution is 2.16. The van der Waals surface area contributed by atoms with Crippen molar-refractivity contribution in [1.29, 1.82) is 0 Å². The third kappa shape index (κ3) is 8.23. The fourth-order valence-electron chi connectivity index (χ4n) is 2.81. The molecule has 122 valence electrons. The largest absolute Gasteiger partial charge is 0.314 e. The summed E-state index contributed by atoms with van der Waals surface area (Å²) in [6.07, 6.45) is 5.44. The Morgan fingerprint density at radius 1 is 0.750 bits per heavy atom. The molecule has 0 radical (unpaired) electrons. The Kier molecular flexibility index (Phi) is 12.5. The Morgan fingerprint density at radius 2 is 1.15 bits per heavy atom. The molecule has 2 saturated heterocycles. The molecule has 2 heterocycles. The lowest BCUT2D eigenvalue weighted by Crippen LogP contribution is -2.43. The van der Waals surface area contributed by atoms with Gasteiger partial charge in [0.2, 0.25) is 0 Å². The van der Waals surface area contributed by atoms with Crippen LogP contribution < -0.4 is 5.32 Å². The fraction of sp³-hybridized carbons (Fsp3) is 1.00. The predicted octanol–water partition coefficient (Wildman–Crippen LogP) is 3.06. The minimum atomic E-state index is 0.788. The second-order valence-electron chi connectivity index (χ2n) is 5.73. The van der Waals surface area contributed by atoms with Crippen molar-refractivity contribution in [2.75, 3.05) is 46.8 Å². The number of hydrogen-bond acceptors (Lipinski definition) is 3. The van der Waals surface area contributed by atoms with Crippen LogP contribution in [0.25, 0.3) is 0 Å². The van der Waals surface area contributed by atoms with Gasteiger partial charge in [0.1, 0.15) is 0 Å². The van der Waals surface area contributed by atoms with E-state index in [1.807, 2.05) is 27.7 Å². The molecule has 2 aliphatic rings. The van der Waals surface area contributed by atoms with Crippen LogP contribution in [-0.2, 0) is 0 Å². The molecule has 0 aromatic rings. The smallest absolute Gasteiger partial charge is 0.00915 e. The molecule has 0 amide bonds. The van der Waals surface area contributed by atoms with Gasteiger partial charge in [0.15, 0.2) is 0 Å². The van der Waals surface area contributed by atoms with Crippen molar-refractivity contribution in [3.05, 3.63) is 0 Å². The molecule has 0 aromatic heterocycles. The Balaban J connectivity index is 0.000000829. The Labute approximate surface area is 128 Å². The van der Waals surface area contributed by atoms with Crippen molar-refractivity contribution in [2.45, 2.75) is 59.4 Å². The van der Waals surface area contributed by atoms with Gasteiger partial charge in [-0.2, -0.15) is 0 Å². The monoisotopic (exact) mass is 285 g/mol. The summed E-state index contributed by atoms with van der Waals surface area (Å²) in [6, 6.07) is 0.788. The number of hydrogen-bond donors (Lipinski definition) is 1. The summed E-state index contributed by atoms with van der Waals surface area (Å²) in [4.78, 5) is 4.89. The SMILES string of the molecule is CC.CC.CN1CCC(CNC2CCN(C)CC2)CC1. The molecule has 1 N–H and O–H groups in total. The summed E-state index contributed by atoms with van der Waals surface area (Å²) in [7, 11) is 4.47. The summed E-state index contributed by atoms with van der Waals surface area (Å²) in [5.74, 6) is 0.927. The Morgan fingerprint density at radius 3 is 1.60 bits per heavy atom. The lowest BCUT2D eigenvalue weighted by molar-refractivity contribution is 0.195. The van der Waals surface area contributed by atoms with Crippen LogP contribution in [0.4, 0.5) is 0 Å². The Bertz CT molecular complexity index is 170. The van der Waals surface area contributed by atoms with Crippen molar-refractivity contribution in [2.24, 2.45) is 5.92 Å². The van der Waals surface area contributed by atoms with Crippen LogP contribution in [0.2, 0.25) is 0 Å². The normalized spacial score (nSPS) is 22.5. The molecule has 0 saturated carbocycles. The molecule has 2 fully saturated rings. The zero-order valence-electron chi connectivity index (χ0n) is 14.9. The van der Waals surface area contributed by atoms with Gasteiger partial charge in [-0.05, 0) is 78.4 Å². The van der Waals surface area contributed by atoms with Crippen LogP contribution >= 0.6 is 0 Å². The van der Waals surface area contributed by atoms with Crippen LogP contribution in [0.1, 0.15) is 53.4 Å². The minimum Gasteiger partial charge on any atom is -0.314 e. The third-order valence-corrected chi connectivity index (χ3v) is 4.25. The number of rotatable bonds is 3. The highest BCUT2D eigenvalue weighted by molar-refractivity contribution is 4.78. The van der Waals surface area contributed by atoms with Gasteiger partial charge in [0, 0.05) is 6.04 Å². The van der Waals surface area contributed by atoms with E-state index in [1.54, 1.807) is 0 Å². The summed E-state index contributed by atoms with van der Waals surface area (Å²) >= 11 is 0. The molecule has 0 bridgehead atoms. The zero-order chi connectivity index (χ0) is 15.4. The maximum Gasteiger partial charge on any atom is 0.00915 e. The lowest BCUT2D eigenvalue weighted by Gasteiger charge is -2.33. The van der Waals surface area contributed by atoms with E-state index in [0.717, 1.165) is 12.0 Å². The van der Waals surface area contributed by atoms with Crippen molar-refractivity contribution in [1.82, 2.24) is 15.1 Å². The van der Waals surface area contributed by atoms with Crippen molar-refractivity contribution >= 4 is 0 Å². The van der Waals surface area contributed by atoms with Gasteiger partial charge in [-0.1, -0.05) is 27.7 Å². The van der Waals surface area contributed by atoms with Crippen LogP contribution in [0.15, 0.2) is 0 Å². The molecule has 3 heteroatoms. The molecule has 0 aromatic carbocycles. The van der Waals surface area contributed by atoms with Crippen LogP contribution in [0.5, 0.6) is 0 Å². The van der Waals surface area contributed by atoms with Gasteiger partial charge in [0.25, 0.3) is 0 Å². The minimum absolute atomic E-state index is 0.788. The first-order valence-electron chi connectivity index (χ1n) is 8.84. The van der Waals surface area contributed by atoms with Crippen molar-refractivity contribution < 1.29 is 0 Å². The van der Waals surface area contributed by atoms with Gasteiger partial charge >= 0.3 is 0 Å². The van der Waals surface area contributed by atoms with E-state index < -0.39 is 0 Å². The first-order valence-corrected chi connectivity index (χ1v) is 8.84. The van der Waals surface area contributed by atoms with E-state index in [4.69, 9.17) is 0 Å². The van der Waals surface area contributed by atoms with Gasteiger partial charge in [-0.25, -0.2) is 0 Å². The molecule has 2 rings (SSSR count). The van der Waals surface area contributed by atoms with E-state index in [9.17, 15) is 0 Å². The number of piperidine rings is 2. The summed E-state index contributed by atoms with van der Waals surface area (Å²) in [5.41, 5.74) is 0. The topological polar surface area (TPSA) is 18.5 Å². The zero-order valence-corrected chi connectivity index (χ0v) is 14.9. The van der Waals surface area contributed by atoms with Crippen molar-refractivity contribution in [3.63, 3.8) is 0 Å². The third-order valence-electron chi connectivity index (χ3n) is 4.25. The molecular weight excluding hydrogens is 246 g/mol. The molecule has 0 atom stereocenters. The summed E-state index contributed by atoms with van der Waals surface area (Å²) in [6.45, 7) is 14.4. The maximum absolute atomic E-state index is 3.78. The number of nitrogens with zero attached hydrogens (tertiary/aromatic N) is 2. The molecule has 0 unspecified atom stereocenters. The van der Waals surface area contributed by atoms with Crippen LogP contribution in [0.3, 0.4) is 0 Å². The van der Waals surface area contributed by atoms with E-state index in [2.05, 4.69) is 29.2 Å². The average Bonchev–Trinajstić information content (AvgIpc) is 2.52. The van der Waals surface area contributed by atoms with Crippen molar-refractivity contribution in [3.8, 4) is 0 Å². The average molecular weight is 286 g/mol. The highest BCUT2D eigenvalue weighted by Gasteiger charge is 2.20. The van der Waals surface area contributed by atoms with E-state index in [0.29, 0.717) is 0 Å². The molecule has 0 aliphatic carbocycles. The van der Waals surface area contributed by atoms with Gasteiger partial charge < -0.3 is 15.1 Å². The van der Waals surface area contributed by atoms with Crippen LogP contribution in [0, 0.1) is 5.92 Å². The second kappa shape index (κ2) is 12.6. The first kappa shape index (κ1) is 19.9. The summed E-state index contributed by atoms with van der Waals surface area (Å²) < 4.78 is 0. The number of nitrogens with one attached hydrogen (secondary N) is 1. The standard InChI is InChI=1S/C13H27N3.2C2H6/c1-15-7-3-12(4-8-15)11-14-13-5-9-16(2)10-6-13;2*1-2/h12-14H,3-11H2,1-2H3;2*1-2H3. The quantitative estimate of drug-likeness (QED) is 0.860. The van der Waals surface area contributed by atoms with Gasteiger partial charge in [-0.15, -0.1) is 0 Å². The fourth-order valence-corrected chi connectivity index (χ4v) is 2.81. The lowest BCUT2D eigenvalue weighted by atomic mass is 9.96. The van der Waals surface area contributed by atoms with Gasteiger partial charge in [0.05, 0.1) is 0 Å². The Hall–Kier alpha value is -0.120. The van der Waals surface area contributed by atoms with Gasteiger partial charge in [-0.3, -0.25) is 0 Å². The molecule has 20 heavy (non-hydrogen) atoms. The summed E-state index contributed by atoms with van der Waals surface area (Å²) in [5, 5.41) is 3.78. The second-order valence-corrected chi connectivity index (χ2v) is 5.73. The first-order chi connectivity index (χ1) is 9.74. The van der Waals surface area contributed by atoms with E-state index in [-0.39, 0.29) is 0 Å². The number of likely N-dealkylation sites (tertiary alicyclic amines) is 2. The van der Waals surface area contributed by atoms with E-state index >= 15 is 0 Å². The highest BCUT2D eigenvalue weighted by atomic mass is 15.1. The molecular formula is C17H39N3. The molecule has 2 aliphatic heterocycles. The predicted molar refractivity (Wildman–Crippen MR) is 91.4 cm³/mol. The van der Waals surface area contributed by atoms with E-state index in [1.165, 1.54) is 58.4 Å². The molecule has 0 spiro atoms.